The zero-order valence-corrected chi connectivity index (χ0v) is 9.85. The molecule has 14 heavy (non-hydrogen) atoms. The predicted molar refractivity (Wildman–Crippen MR) is 68.5 cm³/mol. The lowest BCUT2D eigenvalue weighted by atomic mass is 10.2. The number of unbranched alkanes of at least 4 members (excludes halogenated alkanes) is 4. The van der Waals surface area contributed by atoms with Crippen LogP contribution < -0.4 is 0 Å². The maximum Gasteiger partial charge on any atom is 0.200 e. The summed E-state index contributed by atoms with van der Waals surface area (Å²) in [5.41, 5.74) is 0. The third-order valence-electron chi connectivity index (χ3n) is 2.22. The lowest BCUT2D eigenvalue weighted by molar-refractivity contribution is 0.472. The second-order valence-corrected chi connectivity index (χ2v) is 6.29. The van der Waals surface area contributed by atoms with Crippen LogP contribution in [-0.4, -0.2) is 34.6 Å². The van der Waals surface area contributed by atoms with Gasteiger partial charge in [0.15, 0.2) is 17.4 Å². The SMILES string of the molecule is CCCCCCP(=O)(O)CCCC.[AlH3]. The van der Waals surface area contributed by atoms with Crippen LogP contribution in [0.5, 0.6) is 0 Å². The Hall–Kier alpha value is 0.722. The van der Waals surface area contributed by atoms with Crippen LogP contribution in [0.4, 0.5) is 0 Å². The van der Waals surface area contributed by atoms with Crippen molar-refractivity contribution in [2.24, 2.45) is 0 Å². The molecule has 0 saturated carbocycles. The highest BCUT2D eigenvalue weighted by Crippen LogP contribution is 2.42. The van der Waals surface area contributed by atoms with Crippen molar-refractivity contribution >= 4 is 24.7 Å². The monoisotopic (exact) mass is 236 g/mol. The Kier molecular flexibility index (Phi) is 12.5. The zero-order valence-electron chi connectivity index (χ0n) is 8.96. The molecule has 1 unspecified atom stereocenters. The predicted octanol–water partition coefficient (Wildman–Crippen LogP) is 2.45. The van der Waals surface area contributed by atoms with Crippen molar-refractivity contribution in [1.82, 2.24) is 0 Å². The second-order valence-electron chi connectivity index (χ2n) is 3.71. The van der Waals surface area contributed by atoms with E-state index in [0.717, 1.165) is 25.7 Å². The van der Waals surface area contributed by atoms with E-state index < -0.39 is 7.37 Å². The standard InChI is InChI=1S/C10H23O2P.Al.3H/c1-3-5-7-8-10-13(11,12)9-6-4-2;;;;/h3-10H2,1-2H3,(H,11,12);;;;. The van der Waals surface area contributed by atoms with Crippen molar-refractivity contribution in [2.45, 2.75) is 52.4 Å². The Balaban J connectivity index is 0. The molecule has 86 valence electrons. The van der Waals surface area contributed by atoms with Crippen LogP contribution in [0.15, 0.2) is 0 Å². The van der Waals surface area contributed by atoms with Crippen LogP contribution >= 0.6 is 7.37 Å². The fraction of sp³-hybridized carbons (Fsp3) is 1.00. The van der Waals surface area contributed by atoms with E-state index in [-0.39, 0.29) is 17.4 Å². The first-order valence-electron chi connectivity index (χ1n) is 5.43. The molecular formula is C10H26AlO2P. The van der Waals surface area contributed by atoms with Gasteiger partial charge in [0.25, 0.3) is 0 Å². The molecule has 0 aromatic rings. The van der Waals surface area contributed by atoms with Crippen molar-refractivity contribution < 1.29 is 9.46 Å². The van der Waals surface area contributed by atoms with Crippen LogP contribution in [0.3, 0.4) is 0 Å². The van der Waals surface area contributed by atoms with E-state index in [0.29, 0.717) is 12.3 Å². The molecule has 0 aromatic carbocycles. The quantitative estimate of drug-likeness (QED) is 0.399. The van der Waals surface area contributed by atoms with E-state index >= 15 is 0 Å². The van der Waals surface area contributed by atoms with Crippen LogP contribution in [0, 0.1) is 0 Å². The molecule has 0 spiro atoms. The van der Waals surface area contributed by atoms with E-state index in [2.05, 4.69) is 13.8 Å². The molecule has 1 atom stereocenters. The van der Waals surface area contributed by atoms with Gasteiger partial charge in [-0.15, -0.1) is 0 Å². The van der Waals surface area contributed by atoms with Gasteiger partial charge in [0.1, 0.15) is 0 Å². The van der Waals surface area contributed by atoms with Crippen LogP contribution in [0.2, 0.25) is 0 Å². The number of rotatable bonds is 8. The fourth-order valence-corrected chi connectivity index (χ4v) is 3.05. The first-order valence-corrected chi connectivity index (χ1v) is 7.46. The number of hydrogen-bond acceptors (Lipinski definition) is 1. The van der Waals surface area contributed by atoms with Crippen LogP contribution in [-0.2, 0) is 4.57 Å². The maximum absolute atomic E-state index is 11.5. The Labute approximate surface area is 99.1 Å². The normalized spacial score (nSPS) is 14.5. The lowest BCUT2D eigenvalue weighted by Gasteiger charge is -2.10. The maximum atomic E-state index is 11.5. The molecule has 0 radical (unpaired) electrons. The third kappa shape index (κ3) is 10.8. The minimum Gasteiger partial charge on any atom is -0.344 e. The molecule has 0 bridgehead atoms. The van der Waals surface area contributed by atoms with Gasteiger partial charge in [0, 0.05) is 12.3 Å². The molecule has 0 heterocycles. The lowest BCUT2D eigenvalue weighted by Crippen LogP contribution is -1.94. The van der Waals surface area contributed by atoms with Gasteiger partial charge in [0.2, 0.25) is 7.37 Å². The molecule has 1 N–H and O–H groups in total. The van der Waals surface area contributed by atoms with Gasteiger partial charge in [-0.3, -0.25) is 4.57 Å². The Bertz CT molecular complexity index is 162. The van der Waals surface area contributed by atoms with Crippen molar-refractivity contribution in [3.8, 4) is 0 Å². The summed E-state index contributed by atoms with van der Waals surface area (Å²) in [7, 11) is -2.75. The van der Waals surface area contributed by atoms with E-state index in [1.165, 1.54) is 12.8 Å². The van der Waals surface area contributed by atoms with Gasteiger partial charge in [-0.05, 0) is 12.8 Å². The molecule has 0 amide bonds. The summed E-state index contributed by atoms with van der Waals surface area (Å²) in [4.78, 5) is 9.50. The molecular weight excluding hydrogens is 210 g/mol. The fourth-order valence-electron chi connectivity index (χ4n) is 1.30. The van der Waals surface area contributed by atoms with Crippen molar-refractivity contribution in [3.05, 3.63) is 0 Å². The molecule has 0 aliphatic heterocycles. The molecule has 4 heteroatoms. The summed E-state index contributed by atoms with van der Waals surface area (Å²) >= 11 is 0. The molecule has 0 aliphatic carbocycles. The first-order chi connectivity index (χ1) is 6.12. The van der Waals surface area contributed by atoms with Gasteiger partial charge in [-0.25, -0.2) is 0 Å². The minimum atomic E-state index is -2.75. The highest BCUT2D eigenvalue weighted by molar-refractivity contribution is 7.57. The molecule has 0 aromatic heterocycles. The summed E-state index contributed by atoms with van der Waals surface area (Å²) in [6.45, 7) is 4.20. The van der Waals surface area contributed by atoms with E-state index in [1.54, 1.807) is 0 Å². The average Bonchev–Trinajstić information content (AvgIpc) is 2.09. The van der Waals surface area contributed by atoms with Crippen LogP contribution in [0.25, 0.3) is 0 Å². The Morgan fingerprint density at radius 2 is 1.43 bits per heavy atom. The summed E-state index contributed by atoms with van der Waals surface area (Å²) in [5.74, 6) is 0. The summed E-state index contributed by atoms with van der Waals surface area (Å²) in [6.07, 6.45) is 7.36. The molecule has 0 fully saturated rings. The minimum absolute atomic E-state index is 0. The topological polar surface area (TPSA) is 37.3 Å². The van der Waals surface area contributed by atoms with Crippen molar-refractivity contribution in [2.75, 3.05) is 12.3 Å². The van der Waals surface area contributed by atoms with Gasteiger partial charge < -0.3 is 4.89 Å². The van der Waals surface area contributed by atoms with Gasteiger partial charge in [-0.2, -0.15) is 0 Å². The third-order valence-corrected chi connectivity index (χ3v) is 4.25. The van der Waals surface area contributed by atoms with Crippen LogP contribution in [0.1, 0.15) is 52.4 Å². The van der Waals surface area contributed by atoms with Gasteiger partial charge in [0.05, 0.1) is 0 Å². The summed E-state index contributed by atoms with van der Waals surface area (Å²) in [6, 6.07) is 0. The summed E-state index contributed by atoms with van der Waals surface area (Å²) in [5, 5.41) is 0. The second kappa shape index (κ2) is 10.2. The average molecular weight is 236 g/mol. The van der Waals surface area contributed by atoms with Crippen molar-refractivity contribution in [1.29, 1.82) is 0 Å². The molecule has 0 saturated heterocycles. The Morgan fingerprint density at radius 1 is 0.929 bits per heavy atom. The van der Waals surface area contributed by atoms with E-state index in [1.807, 2.05) is 0 Å². The molecule has 0 rings (SSSR count). The van der Waals surface area contributed by atoms with Gasteiger partial charge in [-0.1, -0.05) is 39.5 Å². The Morgan fingerprint density at radius 3 is 1.93 bits per heavy atom. The first kappa shape index (κ1) is 17.1. The number of hydrogen-bond donors (Lipinski definition) is 1. The molecule has 0 aliphatic rings. The smallest absolute Gasteiger partial charge is 0.200 e. The summed E-state index contributed by atoms with van der Waals surface area (Å²) < 4.78 is 11.5. The molecule has 2 nitrogen and oxygen atoms in total. The largest absolute Gasteiger partial charge is 0.344 e. The highest BCUT2D eigenvalue weighted by Gasteiger charge is 2.15. The van der Waals surface area contributed by atoms with E-state index in [4.69, 9.17) is 0 Å². The van der Waals surface area contributed by atoms with E-state index in [9.17, 15) is 9.46 Å². The highest BCUT2D eigenvalue weighted by atomic mass is 31.2. The van der Waals surface area contributed by atoms with Gasteiger partial charge >= 0.3 is 0 Å². The van der Waals surface area contributed by atoms with Crippen molar-refractivity contribution in [3.63, 3.8) is 0 Å². The zero-order chi connectivity index (χ0) is 10.2.